The Labute approximate surface area is 200 Å². The fourth-order valence-corrected chi connectivity index (χ4v) is 6.33. The van der Waals surface area contributed by atoms with Crippen molar-refractivity contribution in [1.29, 1.82) is 0 Å². The molecule has 1 aliphatic carbocycles. The van der Waals surface area contributed by atoms with Crippen LogP contribution in [-0.2, 0) is 20.9 Å². The van der Waals surface area contributed by atoms with Gasteiger partial charge in [0.1, 0.15) is 12.1 Å². The largest absolute Gasteiger partial charge is 0.351 e. The average molecular weight is 490 g/mol. The summed E-state index contributed by atoms with van der Waals surface area (Å²) in [5.41, 5.74) is -0.117. The van der Waals surface area contributed by atoms with Crippen LogP contribution in [0.25, 0.3) is 10.6 Å². The van der Waals surface area contributed by atoms with Gasteiger partial charge in [-0.25, -0.2) is 9.78 Å². The van der Waals surface area contributed by atoms with E-state index in [0.717, 1.165) is 44.5 Å². The number of anilines is 1. The number of aromatic nitrogens is 1. The fraction of sp³-hybridized carbons (Fsp3) is 0.500. The van der Waals surface area contributed by atoms with Gasteiger partial charge in [-0.05, 0) is 37.8 Å². The summed E-state index contributed by atoms with van der Waals surface area (Å²) in [6.07, 6.45) is 3.41. The van der Waals surface area contributed by atoms with Gasteiger partial charge in [0.05, 0.1) is 17.1 Å². The molecule has 2 aromatic heterocycles. The Balaban J connectivity index is 1.41. The summed E-state index contributed by atoms with van der Waals surface area (Å²) >= 11 is 2.86. The molecule has 1 saturated heterocycles. The Morgan fingerprint density at radius 1 is 1.27 bits per heavy atom. The molecule has 1 spiro atoms. The van der Waals surface area contributed by atoms with Crippen molar-refractivity contribution in [2.24, 2.45) is 5.92 Å². The second-order valence-electron chi connectivity index (χ2n) is 8.59. The molecule has 3 N–H and O–H groups in total. The minimum Gasteiger partial charge on any atom is -0.351 e. The van der Waals surface area contributed by atoms with E-state index in [1.165, 1.54) is 29.6 Å². The normalized spacial score (nSPS) is 22.5. The summed E-state index contributed by atoms with van der Waals surface area (Å²) < 4.78 is 0. The van der Waals surface area contributed by atoms with E-state index in [1.54, 1.807) is 0 Å². The lowest BCUT2D eigenvalue weighted by molar-refractivity contribution is -0.136. The maximum atomic E-state index is 13.1. The Morgan fingerprint density at radius 3 is 2.79 bits per heavy atom. The second kappa shape index (κ2) is 9.22. The van der Waals surface area contributed by atoms with Gasteiger partial charge in [-0.2, -0.15) is 0 Å². The maximum absolute atomic E-state index is 13.1. The van der Waals surface area contributed by atoms with E-state index >= 15 is 0 Å². The number of urea groups is 1. The van der Waals surface area contributed by atoms with Crippen molar-refractivity contribution in [3.8, 4) is 10.6 Å². The molecule has 9 nitrogen and oxygen atoms in total. The van der Waals surface area contributed by atoms with E-state index in [4.69, 9.17) is 0 Å². The predicted molar refractivity (Wildman–Crippen MR) is 127 cm³/mol. The smallest absolute Gasteiger partial charge is 0.325 e. The number of carbonyl (C=O) groups is 4. The van der Waals surface area contributed by atoms with E-state index in [2.05, 4.69) is 20.9 Å². The van der Waals surface area contributed by atoms with Gasteiger partial charge in [0.2, 0.25) is 11.8 Å². The molecule has 2 aromatic rings. The molecule has 3 heterocycles. The molecule has 176 valence electrons. The van der Waals surface area contributed by atoms with Crippen LogP contribution in [0.2, 0.25) is 0 Å². The Kier molecular flexibility index (Phi) is 6.53. The Morgan fingerprint density at radius 2 is 2.06 bits per heavy atom. The zero-order chi connectivity index (χ0) is 23.8. The molecule has 4 rings (SSSR count). The van der Waals surface area contributed by atoms with Crippen LogP contribution < -0.4 is 16.0 Å². The number of rotatable bonds is 6. The van der Waals surface area contributed by atoms with Crippen LogP contribution in [0.1, 0.15) is 49.3 Å². The van der Waals surface area contributed by atoms with E-state index in [9.17, 15) is 19.2 Å². The first-order valence-electron chi connectivity index (χ1n) is 10.9. The quantitative estimate of drug-likeness (QED) is 0.538. The van der Waals surface area contributed by atoms with Crippen LogP contribution in [0.4, 0.5) is 9.93 Å². The topological polar surface area (TPSA) is 120 Å². The number of hydrogen-bond acceptors (Lipinski definition) is 7. The van der Waals surface area contributed by atoms with Crippen LogP contribution in [0.3, 0.4) is 0 Å². The number of thiophene rings is 1. The van der Waals surface area contributed by atoms with Gasteiger partial charge >= 0.3 is 6.03 Å². The average Bonchev–Trinajstić information content (AvgIpc) is 3.42. The van der Waals surface area contributed by atoms with Gasteiger partial charge in [-0.15, -0.1) is 22.7 Å². The maximum Gasteiger partial charge on any atom is 0.325 e. The summed E-state index contributed by atoms with van der Waals surface area (Å²) in [6, 6.07) is 3.37. The van der Waals surface area contributed by atoms with E-state index in [0.29, 0.717) is 18.1 Å². The molecule has 1 aliphatic heterocycles. The number of nitrogens with zero attached hydrogens (tertiary/aromatic N) is 2. The van der Waals surface area contributed by atoms with Crippen molar-refractivity contribution < 1.29 is 19.2 Å². The highest BCUT2D eigenvalue weighted by Crippen LogP contribution is 2.38. The lowest BCUT2D eigenvalue weighted by Crippen LogP contribution is -2.54. The molecule has 2 atom stereocenters. The van der Waals surface area contributed by atoms with Crippen molar-refractivity contribution >= 4 is 51.6 Å². The summed E-state index contributed by atoms with van der Waals surface area (Å²) in [7, 11) is 0. The Bertz CT molecular complexity index is 1110. The lowest BCUT2D eigenvalue weighted by atomic mass is 9.73. The lowest BCUT2D eigenvalue weighted by Gasteiger charge is -2.36. The highest BCUT2D eigenvalue weighted by atomic mass is 32.1. The van der Waals surface area contributed by atoms with E-state index in [1.807, 2.05) is 26.0 Å². The van der Waals surface area contributed by atoms with Gasteiger partial charge in [0.25, 0.3) is 5.91 Å². The van der Waals surface area contributed by atoms with Crippen LogP contribution >= 0.6 is 22.7 Å². The number of hydrogen-bond donors (Lipinski definition) is 3. The van der Waals surface area contributed by atoms with Crippen molar-refractivity contribution in [2.45, 2.75) is 58.5 Å². The molecule has 2 fully saturated rings. The first kappa shape index (κ1) is 23.4. The standard InChI is InChI=1S/C22H27N5O4S2/c1-12-6-4-5-9-22(12)19(30)27(21(31)26-22)11-17(29)24-20-25-18(13(2)32-20)16-8-7-15(33-16)10-23-14(3)28/h7-8,12H,4-6,9-11H2,1-3H3,(H,23,28)(H,26,31)(H,24,25,29). The summed E-state index contributed by atoms with van der Waals surface area (Å²) in [5.74, 6) is -0.817. The molecule has 0 radical (unpaired) electrons. The summed E-state index contributed by atoms with van der Waals surface area (Å²) in [4.78, 5) is 57.8. The van der Waals surface area contributed by atoms with Crippen LogP contribution in [0, 0.1) is 12.8 Å². The monoisotopic (exact) mass is 489 g/mol. The van der Waals surface area contributed by atoms with Crippen LogP contribution in [0.5, 0.6) is 0 Å². The van der Waals surface area contributed by atoms with Gasteiger partial charge in [-0.1, -0.05) is 19.8 Å². The van der Waals surface area contributed by atoms with Crippen LogP contribution in [0.15, 0.2) is 12.1 Å². The highest BCUT2D eigenvalue weighted by Gasteiger charge is 2.55. The molecule has 0 aromatic carbocycles. The number of imide groups is 1. The third kappa shape index (κ3) is 4.65. The summed E-state index contributed by atoms with van der Waals surface area (Å²) in [5, 5.41) is 8.78. The van der Waals surface area contributed by atoms with Gasteiger partial charge in [0.15, 0.2) is 5.13 Å². The molecule has 11 heteroatoms. The third-order valence-corrected chi connectivity index (χ3v) is 8.23. The predicted octanol–water partition coefficient (Wildman–Crippen LogP) is 3.26. The zero-order valence-electron chi connectivity index (χ0n) is 18.8. The number of thiazole rings is 1. The molecule has 2 aliphatic rings. The first-order valence-corrected chi connectivity index (χ1v) is 12.6. The Hall–Kier alpha value is -2.79. The molecular weight excluding hydrogens is 462 g/mol. The molecule has 1 saturated carbocycles. The van der Waals surface area contributed by atoms with E-state index in [-0.39, 0.29) is 24.3 Å². The van der Waals surface area contributed by atoms with Gasteiger partial charge in [-0.3, -0.25) is 19.3 Å². The van der Waals surface area contributed by atoms with Crippen molar-refractivity contribution in [3.05, 3.63) is 21.9 Å². The SMILES string of the molecule is CC(=O)NCc1ccc(-c2nc(NC(=O)CN3C(=O)NC4(CCCCC4C)C3=O)sc2C)s1. The van der Waals surface area contributed by atoms with Crippen molar-refractivity contribution in [1.82, 2.24) is 20.5 Å². The van der Waals surface area contributed by atoms with Crippen molar-refractivity contribution in [2.75, 3.05) is 11.9 Å². The number of carbonyl (C=O) groups excluding carboxylic acids is 4. The van der Waals surface area contributed by atoms with Crippen molar-refractivity contribution in [3.63, 3.8) is 0 Å². The number of amides is 5. The fourth-order valence-electron chi connectivity index (χ4n) is 4.43. The second-order valence-corrected chi connectivity index (χ2v) is 11.0. The van der Waals surface area contributed by atoms with E-state index < -0.39 is 17.5 Å². The minimum atomic E-state index is -0.880. The highest BCUT2D eigenvalue weighted by molar-refractivity contribution is 7.18. The van der Waals surface area contributed by atoms with Gasteiger partial charge < -0.3 is 16.0 Å². The molecule has 5 amide bonds. The first-order chi connectivity index (χ1) is 15.7. The number of nitrogens with one attached hydrogen (secondary N) is 3. The zero-order valence-corrected chi connectivity index (χ0v) is 20.5. The molecule has 0 bridgehead atoms. The third-order valence-electron chi connectivity index (χ3n) is 6.25. The molecular formula is C22H27N5O4S2. The summed E-state index contributed by atoms with van der Waals surface area (Å²) in [6.45, 7) is 5.49. The molecule has 33 heavy (non-hydrogen) atoms. The molecule has 2 unspecified atom stereocenters. The minimum absolute atomic E-state index is 0.0428. The van der Waals surface area contributed by atoms with Crippen LogP contribution in [-0.4, -0.2) is 45.7 Å². The number of aryl methyl sites for hydroxylation is 1. The van der Waals surface area contributed by atoms with Gasteiger partial charge in [0, 0.05) is 16.7 Å².